The van der Waals surface area contributed by atoms with E-state index in [4.69, 9.17) is 10.7 Å². The molecule has 0 unspecified atom stereocenters. The summed E-state index contributed by atoms with van der Waals surface area (Å²) in [6.45, 7) is 1.56. The molecule has 0 spiro atoms. The number of benzene rings is 2. The molecule has 1 fully saturated rings. The Hall–Kier alpha value is -4.05. The molecule has 0 saturated carbocycles. The van der Waals surface area contributed by atoms with E-state index in [9.17, 15) is 14.4 Å². The number of carbonyl (C=O) groups excluding carboxylic acids is 2. The zero-order valence-electron chi connectivity index (χ0n) is 18.9. The Balaban J connectivity index is 1.49. The quantitative estimate of drug-likeness (QED) is 0.429. The number of piperidine rings is 1. The average Bonchev–Trinajstić information content (AvgIpc) is 3.33. The molecule has 3 heterocycles. The lowest BCUT2D eigenvalue weighted by atomic mass is 10.1. The highest BCUT2D eigenvalue weighted by atomic mass is 32.1. The van der Waals surface area contributed by atoms with Gasteiger partial charge in [0.25, 0.3) is 5.56 Å². The maximum absolute atomic E-state index is 13.3. The number of anilines is 2. The second kappa shape index (κ2) is 9.67. The summed E-state index contributed by atoms with van der Waals surface area (Å²) in [6.07, 6.45) is 3.40. The number of amides is 2. The van der Waals surface area contributed by atoms with Crippen LogP contribution in [0.15, 0.2) is 59.4 Å². The highest BCUT2D eigenvalue weighted by molar-refractivity contribution is 7.22. The third-order valence-electron chi connectivity index (χ3n) is 5.91. The number of nitrogens with zero attached hydrogens (tertiary/aromatic N) is 4. The zero-order valence-corrected chi connectivity index (χ0v) is 19.8. The minimum Gasteiger partial charge on any atom is -0.366 e. The second-order valence-electron chi connectivity index (χ2n) is 8.39. The number of thiazole rings is 1. The Morgan fingerprint density at radius 1 is 1.00 bits per heavy atom. The molecule has 4 aromatic rings. The Labute approximate surface area is 205 Å². The van der Waals surface area contributed by atoms with Crippen LogP contribution in [0.25, 0.3) is 21.5 Å². The van der Waals surface area contributed by atoms with Gasteiger partial charge in [-0.2, -0.15) is 5.10 Å². The lowest BCUT2D eigenvalue weighted by Crippen LogP contribution is -2.30. The largest absolute Gasteiger partial charge is 0.366 e. The highest BCUT2D eigenvalue weighted by Crippen LogP contribution is 2.34. The number of aromatic nitrogens is 3. The fraction of sp³-hybridized carbons (Fsp3) is 0.240. The van der Waals surface area contributed by atoms with Gasteiger partial charge in [-0.15, -0.1) is 0 Å². The van der Waals surface area contributed by atoms with Crippen LogP contribution in [0.2, 0.25) is 0 Å². The number of primary amides is 1. The Bertz CT molecular complexity index is 1440. The molecule has 3 N–H and O–H groups in total. The molecule has 0 aliphatic carbocycles. The van der Waals surface area contributed by atoms with Crippen molar-refractivity contribution in [2.24, 2.45) is 5.73 Å². The fourth-order valence-electron chi connectivity index (χ4n) is 4.11. The van der Waals surface area contributed by atoms with Crippen LogP contribution in [0, 0.1) is 0 Å². The number of hydrogen-bond donors (Lipinski definition) is 2. The minimum atomic E-state index is -0.549. The van der Waals surface area contributed by atoms with E-state index in [1.165, 1.54) is 29.9 Å². The number of fused-ring (bicyclic) bond motifs is 1. The van der Waals surface area contributed by atoms with Crippen LogP contribution in [-0.4, -0.2) is 39.7 Å². The van der Waals surface area contributed by atoms with Gasteiger partial charge in [0, 0.05) is 29.9 Å². The lowest BCUT2D eigenvalue weighted by Gasteiger charge is -2.25. The highest BCUT2D eigenvalue weighted by Gasteiger charge is 2.22. The normalized spacial score (nSPS) is 13.7. The van der Waals surface area contributed by atoms with Crippen molar-refractivity contribution in [1.82, 2.24) is 14.8 Å². The molecule has 2 amide bonds. The molecule has 0 atom stereocenters. The van der Waals surface area contributed by atoms with Crippen LogP contribution >= 0.6 is 11.3 Å². The third-order valence-corrected chi connectivity index (χ3v) is 7.03. The van der Waals surface area contributed by atoms with Crippen molar-refractivity contribution in [1.29, 1.82) is 0 Å². The van der Waals surface area contributed by atoms with E-state index in [0.29, 0.717) is 22.5 Å². The van der Waals surface area contributed by atoms with Gasteiger partial charge >= 0.3 is 0 Å². The Morgan fingerprint density at radius 2 is 1.71 bits per heavy atom. The lowest BCUT2D eigenvalue weighted by molar-refractivity contribution is -0.117. The van der Waals surface area contributed by atoms with Gasteiger partial charge in [-0.1, -0.05) is 41.7 Å². The molecule has 5 rings (SSSR count). The molecule has 9 nitrogen and oxygen atoms in total. The first-order chi connectivity index (χ1) is 17.0. The van der Waals surface area contributed by atoms with Gasteiger partial charge in [0.2, 0.25) is 11.8 Å². The van der Waals surface area contributed by atoms with Crippen molar-refractivity contribution in [3.05, 3.63) is 70.5 Å². The number of nitrogens with two attached hydrogens (primary N) is 1. The van der Waals surface area contributed by atoms with E-state index in [1.807, 2.05) is 30.3 Å². The van der Waals surface area contributed by atoms with Crippen molar-refractivity contribution in [3.63, 3.8) is 0 Å². The maximum atomic E-state index is 13.3. The van der Waals surface area contributed by atoms with E-state index in [1.54, 1.807) is 12.1 Å². The summed E-state index contributed by atoms with van der Waals surface area (Å²) in [5, 5.41) is 8.13. The van der Waals surface area contributed by atoms with Gasteiger partial charge < -0.3 is 16.0 Å². The molecule has 0 radical (unpaired) electrons. The monoisotopic (exact) mass is 488 g/mol. The summed E-state index contributed by atoms with van der Waals surface area (Å²) >= 11 is 1.47. The summed E-state index contributed by atoms with van der Waals surface area (Å²) in [7, 11) is 0. The summed E-state index contributed by atoms with van der Waals surface area (Å²) < 4.78 is 1.89. The number of rotatable bonds is 6. The van der Waals surface area contributed by atoms with E-state index in [-0.39, 0.29) is 6.54 Å². The summed E-state index contributed by atoms with van der Waals surface area (Å²) in [4.78, 5) is 44.2. The van der Waals surface area contributed by atoms with E-state index in [0.717, 1.165) is 46.0 Å². The van der Waals surface area contributed by atoms with Crippen LogP contribution < -0.4 is 21.5 Å². The molecular formula is C25H24N6O3S. The summed E-state index contributed by atoms with van der Waals surface area (Å²) in [5.41, 5.74) is 7.48. The van der Waals surface area contributed by atoms with Gasteiger partial charge in [0.15, 0.2) is 10.6 Å². The predicted molar refractivity (Wildman–Crippen MR) is 137 cm³/mol. The topological polar surface area (TPSA) is 123 Å². The molecule has 2 aromatic carbocycles. The Kier molecular flexibility index (Phi) is 6.28. The van der Waals surface area contributed by atoms with Crippen LogP contribution in [0.1, 0.15) is 29.6 Å². The molecule has 35 heavy (non-hydrogen) atoms. The zero-order chi connectivity index (χ0) is 24.4. The number of carbonyl (C=O) groups is 2. The van der Waals surface area contributed by atoms with Crippen LogP contribution in [-0.2, 0) is 11.3 Å². The smallest absolute Gasteiger partial charge is 0.294 e. The molecule has 1 saturated heterocycles. The van der Waals surface area contributed by atoms with Crippen molar-refractivity contribution in [2.75, 3.05) is 23.3 Å². The van der Waals surface area contributed by atoms with Crippen molar-refractivity contribution >= 4 is 44.2 Å². The SMILES string of the molecule is NC(=O)c1ccc(NC(=O)Cn2nc(-c3ccccc3)c3sc(N4CCCCC4)nc3c2=O)cc1. The van der Waals surface area contributed by atoms with Crippen molar-refractivity contribution in [2.45, 2.75) is 25.8 Å². The van der Waals surface area contributed by atoms with Crippen LogP contribution in [0.3, 0.4) is 0 Å². The van der Waals surface area contributed by atoms with Crippen LogP contribution in [0.5, 0.6) is 0 Å². The summed E-state index contributed by atoms with van der Waals surface area (Å²) in [6, 6.07) is 15.8. The summed E-state index contributed by atoms with van der Waals surface area (Å²) in [5.74, 6) is -0.969. The minimum absolute atomic E-state index is 0.275. The van der Waals surface area contributed by atoms with Crippen molar-refractivity contribution < 1.29 is 9.59 Å². The van der Waals surface area contributed by atoms with E-state index in [2.05, 4.69) is 15.3 Å². The molecule has 0 bridgehead atoms. The molecule has 1 aliphatic rings. The standard InChI is InChI=1S/C25H24N6O3S/c26-23(33)17-9-11-18(12-10-17)27-19(32)15-31-24(34)21-22(20(29-31)16-7-3-1-4-8-16)35-25(28-21)30-13-5-2-6-14-30/h1,3-4,7-12H,2,5-6,13-15H2,(H2,26,33)(H,27,32). The molecular weight excluding hydrogens is 464 g/mol. The van der Waals surface area contributed by atoms with E-state index < -0.39 is 17.4 Å². The Morgan fingerprint density at radius 3 is 2.40 bits per heavy atom. The van der Waals surface area contributed by atoms with Gasteiger partial charge in [-0.3, -0.25) is 14.4 Å². The van der Waals surface area contributed by atoms with Crippen molar-refractivity contribution in [3.8, 4) is 11.3 Å². The molecule has 10 heteroatoms. The van der Waals surface area contributed by atoms with Gasteiger partial charge in [-0.05, 0) is 43.5 Å². The molecule has 1 aliphatic heterocycles. The second-order valence-corrected chi connectivity index (χ2v) is 9.37. The maximum Gasteiger partial charge on any atom is 0.294 e. The van der Waals surface area contributed by atoms with Crippen LogP contribution in [0.4, 0.5) is 10.8 Å². The molecule has 2 aromatic heterocycles. The third kappa shape index (κ3) is 4.78. The first kappa shape index (κ1) is 22.7. The fourth-order valence-corrected chi connectivity index (χ4v) is 5.23. The number of nitrogens with one attached hydrogen (secondary N) is 1. The average molecular weight is 489 g/mol. The van der Waals surface area contributed by atoms with Gasteiger partial charge in [-0.25, -0.2) is 9.67 Å². The van der Waals surface area contributed by atoms with E-state index >= 15 is 0 Å². The predicted octanol–water partition coefficient (Wildman–Crippen LogP) is 3.25. The first-order valence-electron chi connectivity index (χ1n) is 11.4. The molecule has 178 valence electrons. The van der Waals surface area contributed by atoms with Gasteiger partial charge in [0.05, 0.1) is 4.70 Å². The van der Waals surface area contributed by atoms with Gasteiger partial charge in [0.1, 0.15) is 12.2 Å². The first-order valence-corrected chi connectivity index (χ1v) is 12.2. The number of hydrogen-bond acceptors (Lipinski definition) is 7.